The molecule has 1 fully saturated rings. The van der Waals surface area contributed by atoms with Gasteiger partial charge in [-0.15, -0.1) is 0 Å². The minimum absolute atomic E-state index is 0.221. The molecule has 0 aromatic heterocycles. The first-order valence-electron chi connectivity index (χ1n) is 5.46. The van der Waals surface area contributed by atoms with E-state index in [-0.39, 0.29) is 6.10 Å². The van der Waals surface area contributed by atoms with Crippen LogP contribution < -0.4 is 0 Å². The third kappa shape index (κ3) is 3.18. The quantitative estimate of drug-likeness (QED) is 0.765. The lowest BCUT2D eigenvalue weighted by molar-refractivity contribution is -0.150. The Morgan fingerprint density at radius 2 is 2.07 bits per heavy atom. The Bertz CT molecular complexity index is 222. The number of aliphatic carboxylic acids is 1. The second-order valence-corrected chi connectivity index (χ2v) is 4.71. The van der Waals surface area contributed by atoms with Crippen molar-refractivity contribution in [2.24, 2.45) is 5.41 Å². The van der Waals surface area contributed by atoms with Crippen LogP contribution in [-0.4, -0.2) is 48.8 Å². The lowest BCUT2D eigenvalue weighted by atomic mass is 9.80. The van der Waals surface area contributed by atoms with Crippen LogP contribution in [0.1, 0.15) is 26.7 Å². The van der Waals surface area contributed by atoms with Gasteiger partial charge in [0.05, 0.1) is 11.5 Å². The average Bonchev–Trinajstić information content (AvgIpc) is 2.21. The van der Waals surface area contributed by atoms with Gasteiger partial charge in [0.1, 0.15) is 0 Å². The van der Waals surface area contributed by atoms with E-state index in [2.05, 4.69) is 4.90 Å². The first kappa shape index (κ1) is 12.5. The third-order valence-corrected chi connectivity index (χ3v) is 3.39. The predicted molar refractivity (Wildman–Crippen MR) is 57.9 cm³/mol. The van der Waals surface area contributed by atoms with Crippen LogP contribution in [0.3, 0.4) is 0 Å². The van der Waals surface area contributed by atoms with Crippen molar-refractivity contribution >= 4 is 5.97 Å². The number of likely N-dealkylation sites (tertiary alicyclic amines) is 1. The third-order valence-electron chi connectivity index (χ3n) is 3.39. The first-order valence-corrected chi connectivity index (χ1v) is 5.46. The average molecular weight is 215 g/mol. The molecular formula is C11H21NO3. The van der Waals surface area contributed by atoms with Gasteiger partial charge >= 0.3 is 5.97 Å². The Balaban J connectivity index is 2.39. The number of hydrogen-bond acceptors (Lipinski definition) is 3. The minimum Gasteiger partial charge on any atom is -0.481 e. The number of carbonyl (C=O) groups is 1. The summed E-state index contributed by atoms with van der Waals surface area (Å²) >= 11 is 0. The number of hydrogen-bond donors (Lipinski definition) is 1. The zero-order valence-electron chi connectivity index (χ0n) is 9.82. The second-order valence-electron chi connectivity index (χ2n) is 4.71. The van der Waals surface area contributed by atoms with Crippen molar-refractivity contribution in [3.8, 4) is 0 Å². The maximum absolute atomic E-state index is 11.0. The summed E-state index contributed by atoms with van der Waals surface area (Å²) in [6.45, 7) is 6.48. The SMILES string of the molecule is COC(C)CN1CCC(C)(C(=O)O)CC1. The van der Waals surface area contributed by atoms with E-state index in [1.807, 2.05) is 13.8 Å². The molecule has 1 N–H and O–H groups in total. The summed E-state index contributed by atoms with van der Waals surface area (Å²) in [6, 6.07) is 0. The summed E-state index contributed by atoms with van der Waals surface area (Å²) in [6.07, 6.45) is 1.69. The van der Waals surface area contributed by atoms with E-state index in [1.54, 1.807) is 7.11 Å². The van der Waals surface area contributed by atoms with Gasteiger partial charge in [0.15, 0.2) is 0 Å². The van der Waals surface area contributed by atoms with Gasteiger partial charge < -0.3 is 14.7 Å². The van der Waals surface area contributed by atoms with Gasteiger partial charge in [-0.05, 0) is 39.8 Å². The zero-order valence-corrected chi connectivity index (χ0v) is 9.82. The second kappa shape index (κ2) is 4.94. The predicted octanol–water partition coefficient (Wildman–Crippen LogP) is 1.21. The molecule has 4 heteroatoms. The summed E-state index contributed by atoms with van der Waals surface area (Å²) in [5.74, 6) is -0.665. The largest absolute Gasteiger partial charge is 0.481 e. The molecule has 88 valence electrons. The maximum Gasteiger partial charge on any atom is 0.309 e. The topological polar surface area (TPSA) is 49.8 Å². The van der Waals surface area contributed by atoms with E-state index >= 15 is 0 Å². The molecular weight excluding hydrogens is 194 g/mol. The molecule has 0 bridgehead atoms. The summed E-state index contributed by atoms with van der Waals surface area (Å²) in [5.41, 5.74) is -0.521. The highest BCUT2D eigenvalue weighted by atomic mass is 16.5. The lowest BCUT2D eigenvalue weighted by Crippen LogP contribution is -2.44. The molecule has 0 spiro atoms. The van der Waals surface area contributed by atoms with Crippen molar-refractivity contribution in [1.82, 2.24) is 4.90 Å². The fraction of sp³-hybridized carbons (Fsp3) is 0.909. The number of rotatable bonds is 4. The van der Waals surface area contributed by atoms with E-state index in [0.29, 0.717) is 0 Å². The molecule has 0 amide bonds. The molecule has 0 aromatic carbocycles. The van der Waals surface area contributed by atoms with Crippen molar-refractivity contribution < 1.29 is 14.6 Å². The van der Waals surface area contributed by atoms with E-state index in [1.165, 1.54) is 0 Å². The summed E-state index contributed by atoms with van der Waals surface area (Å²) in [5, 5.41) is 9.07. The number of piperidine rings is 1. The lowest BCUT2D eigenvalue weighted by Gasteiger charge is -2.37. The molecule has 1 atom stereocenters. The Labute approximate surface area is 91.2 Å². The van der Waals surface area contributed by atoms with Crippen LogP contribution in [0, 0.1) is 5.41 Å². The highest BCUT2D eigenvalue weighted by molar-refractivity contribution is 5.74. The van der Waals surface area contributed by atoms with Crippen LogP contribution in [-0.2, 0) is 9.53 Å². The number of methoxy groups -OCH3 is 1. The summed E-state index contributed by atoms with van der Waals surface area (Å²) < 4.78 is 5.19. The number of nitrogens with zero attached hydrogens (tertiary/aromatic N) is 1. The first-order chi connectivity index (χ1) is 6.98. The maximum atomic E-state index is 11.0. The molecule has 15 heavy (non-hydrogen) atoms. The Hall–Kier alpha value is -0.610. The van der Waals surface area contributed by atoms with Gasteiger partial charge in [-0.25, -0.2) is 0 Å². The fourth-order valence-electron chi connectivity index (χ4n) is 1.88. The fourth-order valence-corrected chi connectivity index (χ4v) is 1.88. The van der Waals surface area contributed by atoms with E-state index in [9.17, 15) is 4.79 Å². The van der Waals surface area contributed by atoms with E-state index in [0.717, 1.165) is 32.5 Å². The van der Waals surface area contributed by atoms with E-state index in [4.69, 9.17) is 9.84 Å². The van der Waals surface area contributed by atoms with Crippen molar-refractivity contribution in [2.45, 2.75) is 32.8 Å². The molecule has 0 saturated carbocycles. The highest BCUT2D eigenvalue weighted by Gasteiger charge is 2.36. The number of carboxylic acids is 1. The molecule has 0 radical (unpaired) electrons. The Morgan fingerprint density at radius 1 is 1.53 bits per heavy atom. The molecule has 0 aliphatic carbocycles. The van der Waals surface area contributed by atoms with Crippen LogP contribution in [0.25, 0.3) is 0 Å². The van der Waals surface area contributed by atoms with Gasteiger partial charge in [-0.1, -0.05) is 0 Å². The molecule has 1 aliphatic rings. The number of ether oxygens (including phenoxy) is 1. The van der Waals surface area contributed by atoms with Crippen LogP contribution in [0.5, 0.6) is 0 Å². The highest BCUT2D eigenvalue weighted by Crippen LogP contribution is 2.30. The van der Waals surface area contributed by atoms with Crippen molar-refractivity contribution in [3.63, 3.8) is 0 Å². The van der Waals surface area contributed by atoms with Crippen LogP contribution in [0.4, 0.5) is 0 Å². The molecule has 1 aliphatic heterocycles. The normalized spacial score (nSPS) is 23.7. The van der Waals surface area contributed by atoms with Gasteiger partial charge in [-0.3, -0.25) is 4.79 Å². The molecule has 0 aromatic rings. The summed E-state index contributed by atoms with van der Waals surface area (Å²) in [4.78, 5) is 13.3. The van der Waals surface area contributed by atoms with Crippen molar-refractivity contribution in [2.75, 3.05) is 26.7 Å². The van der Waals surface area contributed by atoms with Crippen LogP contribution in [0.15, 0.2) is 0 Å². The van der Waals surface area contributed by atoms with E-state index < -0.39 is 11.4 Å². The van der Waals surface area contributed by atoms with Crippen LogP contribution >= 0.6 is 0 Å². The van der Waals surface area contributed by atoms with Gasteiger partial charge in [0, 0.05) is 13.7 Å². The van der Waals surface area contributed by atoms with Gasteiger partial charge in [0.2, 0.25) is 0 Å². The smallest absolute Gasteiger partial charge is 0.309 e. The molecule has 4 nitrogen and oxygen atoms in total. The van der Waals surface area contributed by atoms with Crippen LogP contribution in [0.2, 0.25) is 0 Å². The Kier molecular flexibility index (Phi) is 4.11. The standard InChI is InChI=1S/C11H21NO3/c1-9(15-3)8-12-6-4-11(2,5-7-12)10(13)14/h9H,4-8H2,1-3H3,(H,13,14). The monoisotopic (exact) mass is 215 g/mol. The van der Waals surface area contributed by atoms with Gasteiger partial charge in [-0.2, -0.15) is 0 Å². The summed E-state index contributed by atoms with van der Waals surface area (Å²) in [7, 11) is 1.70. The molecule has 1 unspecified atom stereocenters. The van der Waals surface area contributed by atoms with Gasteiger partial charge in [0.25, 0.3) is 0 Å². The van der Waals surface area contributed by atoms with Crippen molar-refractivity contribution in [1.29, 1.82) is 0 Å². The number of carboxylic acid groups (broad SMARTS) is 1. The molecule has 1 rings (SSSR count). The minimum atomic E-state index is -0.665. The molecule has 1 saturated heterocycles. The van der Waals surface area contributed by atoms with Crippen molar-refractivity contribution in [3.05, 3.63) is 0 Å². The molecule has 1 heterocycles. The Morgan fingerprint density at radius 3 is 2.47 bits per heavy atom. The zero-order chi connectivity index (χ0) is 11.5.